The zero-order valence-corrected chi connectivity index (χ0v) is 17.1. The van der Waals surface area contributed by atoms with Gasteiger partial charge < -0.3 is 10.1 Å². The highest BCUT2D eigenvalue weighted by Gasteiger charge is 2.33. The van der Waals surface area contributed by atoms with Crippen molar-refractivity contribution in [1.82, 2.24) is 20.1 Å². The van der Waals surface area contributed by atoms with Crippen LogP contribution in [0.15, 0.2) is 24.3 Å². The van der Waals surface area contributed by atoms with Crippen LogP contribution in [-0.2, 0) is 11.2 Å². The highest BCUT2D eigenvalue weighted by atomic mass is 35.5. The molecular formula is C20H27ClN4O2. The van der Waals surface area contributed by atoms with Crippen LogP contribution >= 0.6 is 11.6 Å². The van der Waals surface area contributed by atoms with Crippen molar-refractivity contribution in [2.75, 3.05) is 6.61 Å². The van der Waals surface area contributed by atoms with E-state index < -0.39 is 0 Å². The number of carbonyl (C=O) groups is 1. The van der Waals surface area contributed by atoms with Crippen molar-refractivity contribution in [3.05, 3.63) is 40.9 Å². The van der Waals surface area contributed by atoms with Gasteiger partial charge in [0, 0.05) is 19.1 Å². The van der Waals surface area contributed by atoms with Crippen LogP contribution in [0.5, 0.6) is 0 Å². The summed E-state index contributed by atoms with van der Waals surface area (Å²) in [5.74, 6) is 0.619. The van der Waals surface area contributed by atoms with Gasteiger partial charge >= 0.3 is 0 Å². The molecule has 0 spiro atoms. The summed E-state index contributed by atoms with van der Waals surface area (Å²) in [4.78, 5) is 17.2. The maximum atomic E-state index is 12.7. The Morgan fingerprint density at radius 1 is 1.37 bits per heavy atom. The lowest BCUT2D eigenvalue weighted by atomic mass is 9.83. The lowest BCUT2D eigenvalue weighted by Crippen LogP contribution is -2.46. The van der Waals surface area contributed by atoms with E-state index in [9.17, 15) is 4.79 Å². The topological polar surface area (TPSA) is 69.0 Å². The summed E-state index contributed by atoms with van der Waals surface area (Å²) < 4.78 is 7.52. The van der Waals surface area contributed by atoms with Crippen LogP contribution in [0.2, 0.25) is 5.02 Å². The zero-order valence-electron chi connectivity index (χ0n) is 16.3. The molecule has 3 rings (SSSR count). The van der Waals surface area contributed by atoms with E-state index in [-0.39, 0.29) is 29.3 Å². The minimum atomic E-state index is -0.255. The molecule has 27 heavy (non-hydrogen) atoms. The van der Waals surface area contributed by atoms with E-state index in [0.717, 1.165) is 18.5 Å². The maximum absolute atomic E-state index is 12.7. The molecule has 1 aliphatic rings. The normalized spacial score (nSPS) is 20.5. The SMILES string of the molecule is CCc1nc(C(=O)N[C@@H]2CCO[C@H](C(C)(C)C)C2)nn1-c1ccccc1Cl. The van der Waals surface area contributed by atoms with Crippen LogP contribution in [0.3, 0.4) is 0 Å². The number of aromatic nitrogens is 3. The zero-order chi connectivity index (χ0) is 19.6. The molecule has 1 aromatic heterocycles. The van der Waals surface area contributed by atoms with E-state index in [1.807, 2.05) is 25.1 Å². The molecule has 1 fully saturated rings. The summed E-state index contributed by atoms with van der Waals surface area (Å²) in [7, 11) is 0. The first kappa shape index (κ1) is 19.8. The Balaban J connectivity index is 1.77. The molecule has 0 radical (unpaired) electrons. The number of halogens is 1. The number of carbonyl (C=O) groups excluding carboxylic acids is 1. The van der Waals surface area contributed by atoms with Crippen LogP contribution in [0.25, 0.3) is 5.69 Å². The van der Waals surface area contributed by atoms with Crippen molar-refractivity contribution in [3.63, 3.8) is 0 Å². The number of hydrogen-bond acceptors (Lipinski definition) is 4. The second-order valence-corrected chi connectivity index (χ2v) is 8.40. The Morgan fingerprint density at radius 2 is 2.11 bits per heavy atom. The lowest BCUT2D eigenvalue weighted by molar-refractivity contribution is -0.0570. The Labute approximate surface area is 165 Å². The van der Waals surface area contributed by atoms with Gasteiger partial charge in [0.1, 0.15) is 5.82 Å². The van der Waals surface area contributed by atoms with Gasteiger partial charge in [-0.3, -0.25) is 4.79 Å². The van der Waals surface area contributed by atoms with Crippen molar-refractivity contribution in [3.8, 4) is 5.69 Å². The summed E-state index contributed by atoms with van der Waals surface area (Å²) in [6.45, 7) is 9.09. The van der Waals surface area contributed by atoms with Crippen LogP contribution in [-0.4, -0.2) is 39.4 Å². The van der Waals surface area contributed by atoms with E-state index in [1.165, 1.54) is 0 Å². The number of amides is 1. The average molecular weight is 391 g/mol. The van der Waals surface area contributed by atoms with Gasteiger partial charge in [-0.25, -0.2) is 9.67 Å². The second kappa shape index (κ2) is 7.98. The van der Waals surface area contributed by atoms with Gasteiger partial charge in [-0.15, -0.1) is 5.10 Å². The molecule has 0 unspecified atom stereocenters. The average Bonchev–Trinajstić information content (AvgIpc) is 3.06. The van der Waals surface area contributed by atoms with Crippen LogP contribution < -0.4 is 5.32 Å². The monoisotopic (exact) mass is 390 g/mol. The van der Waals surface area contributed by atoms with Crippen molar-refractivity contribution >= 4 is 17.5 Å². The van der Waals surface area contributed by atoms with E-state index in [1.54, 1.807) is 10.7 Å². The van der Waals surface area contributed by atoms with Gasteiger partial charge in [0.05, 0.1) is 16.8 Å². The van der Waals surface area contributed by atoms with Gasteiger partial charge in [-0.05, 0) is 30.4 Å². The molecule has 1 saturated heterocycles. The Hall–Kier alpha value is -1.92. The van der Waals surface area contributed by atoms with Gasteiger partial charge in [0.25, 0.3) is 5.91 Å². The number of benzene rings is 1. The molecule has 2 atom stereocenters. The van der Waals surface area contributed by atoms with Gasteiger partial charge in [-0.2, -0.15) is 0 Å². The van der Waals surface area contributed by atoms with Gasteiger partial charge in [-0.1, -0.05) is 51.4 Å². The number of nitrogens with one attached hydrogen (secondary N) is 1. The summed E-state index contributed by atoms with van der Waals surface area (Å²) >= 11 is 6.29. The highest BCUT2D eigenvalue weighted by molar-refractivity contribution is 6.32. The van der Waals surface area contributed by atoms with E-state index in [2.05, 4.69) is 36.2 Å². The molecule has 1 aromatic carbocycles. The number of rotatable bonds is 4. The van der Waals surface area contributed by atoms with Crippen LogP contribution in [0, 0.1) is 5.41 Å². The minimum absolute atomic E-state index is 0.0443. The number of nitrogens with zero attached hydrogens (tertiary/aromatic N) is 3. The van der Waals surface area contributed by atoms with Crippen molar-refractivity contribution in [2.24, 2.45) is 5.41 Å². The Morgan fingerprint density at radius 3 is 2.78 bits per heavy atom. The quantitative estimate of drug-likeness (QED) is 0.861. The predicted molar refractivity (Wildman–Crippen MR) is 105 cm³/mol. The smallest absolute Gasteiger partial charge is 0.291 e. The Kier molecular flexibility index (Phi) is 5.86. The van der Waals surface area contributed by atoms with Gasteiger partial charge in [0.2, 0.25) is 5.82 Å². The van der Waals surface area contributed by atoms with Crippen molar-refractivity contribution in [1.29, 1.82) is 0 Å². The molecule has 2 heterocycles. The summed E-state index contributed by atoms with van der Waals surface area (Å²) in [6, 6.07) is 7.47. The fraction of sp³-hybridized carbons (Fsp3) is 0.550. The molecule has 0 bridgehead atoms. The van der Waals surface area contributed by atoms with Crippen LogP contribution in [0.4, 0.5) is 0 Å². The molecule has 146 valence electrons. The first-order chi connectivity index (χ1) is 12.8. The molecule has 0 aliphatic carbocycles. The molecule has 7 heteroatoms. The predicted octanol–water partition coefficient (Wildman–Crippen LogP) is 3.81. The van der Waals surface area contributed by atoms with Crippen molar-refractivity contribution in [2.45, 2.75) is 59.1 Å². The highest BCUT2D eigenvalue weighted by Crippen LogP contribution is 2.29. The largest absolute Gasteiger partial charge is 0.378 e. The first-order valence-corrected chi connectivity index (χ1v) is 9.80. The van der Waals surface area contributed by atoms with Gasteiger partial charge in [0.15, 0.2) is 0 Å². The van der Waals surface area contributed by atoms with Crippen molar-refractivity contribution < 1.29 is 9.53 Å². The number of hydrogen-bond donors (Lipinski definition) is 1. The molecule has 1 N–H and O–H groups in total. The second-order valence-electron chi connectivity index (χ2n) is 7.99. The third-order valence-electron chi connectivity index (χ3n) is 4.86. The number of para-hydroxylation sites is 1. The maximum Gasteiger partial charge on any atom is 0.291 e. The summed E-state index contributed by atoms with van der Waals surface area (Å²) in [5, 5.41) is 8.07. The van der Waals surface area contributed by atoms with E-state index in [4.69, 9.17) is 16.3 Å². The third-order valence-corrected chi connectivity index (χ3v) is 5.18. The standard InChI is InChI=1S/C20H27ClN4O2/c1-5-17-23-18(24-25(17)15-9-7-6-8-14(15)21)19(26)22-13-10-11-27-16(12-13)20(2,3)4/h6-9,13,16H,5,10-12H2,1-4H3,(H,22,26)/t13-,16+/m1/s1. The molecule has 0 saturated carbocycles. The van der Waals surface area contributed by atoms with Crippen LogP contribution in [0.1, 0.15) is 57.0 Å². The molecular weight excluding hydrogens is 364 g/mol. The molecule has 1 aliphatic heterocycles. The molecule has 6 nitrogen and oxygen atoms in total. The minimum Gasteiger partial charge on any atom is -0.378 e. The summed E-state index contributed by atoms with van der Waals surface area (Å²) in [5.41, 5.74) is 0.768. The van der Waals surface area contributed by atoms with E-state index in [0.29, 0.717) is 23.9 Å². The van der Waals surface area contributed by atoms with E-state index >= 15 is 0 Å². The fourth-order valence-electron chi connectivity index (χ4n) is 3.27. The third kappa shape index (κ3) is 4.50. The number of aryl methyl sites for hydroxylation is 1. The lowest BCUT2D eigenvalue weighted by Gasteiger charge is -2.37. The number of ether oxygens (including phenoxy) is 1. The molecule has 2 aromatic rings. The first-order valence-electron chi connectivity index (χ1n) is 9.43. The molecule has 1 amide bonds. The Bertz CT molecular complexity index is 813. The summed E-state index contributed by atoms with van der Waals surface area (Å²) in [6.07, 6.45) is 2.36. The fourth-order valence-corrected chi connectivity index (χ4v) is 3.48.